The van der Waals surface area contributed by atoms with Gasteiger partial charge >= 0.3 is 0 Å². The van der Waals surface area contributed by atoms with E-state index in [2.05, 4.69) is 10.3 Å². The van der Waals surface area contributed by atoms with Gasteiger partial charge in [0, 0.05) is 24.2 Å². The lowest BCUT2D eigenvalue weighted by molar-refractivity contribution is -0.139. The Balaban J connectivity index is 1.61. The number of imide groups is 1. The largest absolute Gasteiger partial charge is 0.299 e. The first-order valence-corrected chi connectivity index (χ1v) is 6.61. The second-order valence-corrected chi connectivity index (χ2v) is 5.38. The molecule has 17 heavy (non-hydrogen) atoms. The number of carbonyl (C=O) groups excluding carboxylic acids is 2. The van der Waals surface area contributed by atoms with Crippen molar-refractivity contribution in [1.29, 1.82) is 0 Å². The van der Waals surface area contributed by atoms with Crippen LogP contribution in [0.4, 0.5) is 0 Å². The van der Waals surface area contributed by atoms with Crippen molar-refractivity contribution < 1.29 is 9.59 Å². The van der Waals surface area contributed by atoms with Crippen molar-refractivity contribution in [1.82, 2.24) is 15.2 Å². The van der Waals surface area contributed by atoms with Crippen LogP contribution in [0, 0.1) is 0 Å². The highest BCUT2D eigenvalue weighted by Crippen LogP contribution is 2.31. The second-order valence-electron chi connectivity index (χ2n) is 4.40. The number of aromatic nitrogens is 1. The average Bonchev–Trinajstić information content (AvgIpc) is 2.90. The normalized spacial score (nSPS) is 24.7. The fraction of sp³-hybridized carbons (Fsp3) is 0.545. The molecule has 5 nitrogen and oxygen atoms in total. The molecular formula is C11H13N3O2S. The summed E-state index contributed by atoms with van der Waals surface area (Å²) < 4.78 is 0. The van der Waals surface area contributed by atoms with Gasteiger partial charge in [-0.25, -0.2) is 4.98 Å². The molecule has 1 aromatic rings. The van der Waals surface area contributed by atoms with Crippen LogP contribution in [-0.4, -0.2) is 33.8 Å². The highest BCUT2D eigenvalue weighted by atomic mass is 32.1. The summed E-state index contributed by atoms with van der Waals surface area (Å²) >= 11 is 1.54. The molecule has 0 radical (unpaired) electrons. The van der Waals surface area contributed by atoms with Gasteiger partial charge in [-0.3, -0.25) is 19.8 Å². The summed E-state index contributed by atoms with van der Waals surface area (Å²) in [4.78, 5) is 29.3. The lowest BCUT2D eigenvalue weighted by atomic mass is 10.2. The number of rotatable bonds is 4. The number of carbonyl (C=O) groups is 2. The highest BCUT2D eigenvalue weighted by molar-refractivity contribution is 7.09. The smallest absolute Gasteiger partial charge is 0.247 e. The van der Waals surface area contributed by atoms with Gasteiger partial charge in [0.2, 0.25) is 11.8 Å². The molecule has 2 amide bonds. The zero-order valence-electron chi connectivity index (χ0n) is 9.26. The van der Waals surface area contributed by atoms with E-state index in [1.165, 1.54) is 4.90 Å². The maximum Gasteiger partial charge on any atom is 0.247 e. The molecule has 2 heterocycles. The molecule has 0 spiro atoms. The number of hydrogen-bond acceptors (Lipinski definition) is 5. The molecule has 3 rings (SSSR count). The Kier molecular flexibility index (Phi) is 2.68. The standard InChI is InChI=1S/C11H13N3O2S/c15-10-5-8(11(16)14(10)7-1-2-7)13-6-9-12-3-4-17-9/h3-4,7-8,13H,1-2,5-6H2. The van der Waals surface area contributed by atoms with Gasteiger partial charge in [-0.1, -0.05) is 0 Å². The molecule has 2 aliphatic rings. The summed E-state index contributed by atoms with van der Waals surface area (Å²) in [5.41, 5.74) is 0. The monoisotopic (exact) mass is 251 g/mol. The summed E-state index contributed by atoms with van der Waals surface area (Å²) in [6.07, 6.45) is 3.97. The van der Waals surface area contributed by atoms with E-state index in [1.54, 1.807) is 17.5 Å². The van der Waals surface area contributed by atoms with Gasteiger partial charge < -0.3 is 0 Å². The first kappa shape index (κ1) is 10.9. The molecule has 1 aromatic heterocycles. The minimum Gasteiger partial charge on any atom is -0.299 e. The molecule has 1 atom stereocenters. The number of amides is 2. The zero-order chi connectivity index (χ0) is 11.8. The van der Waals surface area contributed by atoms with E-state index in [4.69, 9.17) is 0 Å². The van der Waals surface area contributed by atoms with Crippen molar-refractivity contribution in [3.8, 4) is 0 Å². The molecule has 1 unspecified atom stereocenters. The average molecular weight is 251 g/mol. The van der Waals surface area contributed by atoms with E-state index in [0.29, 0.717) is 13.0 Å². The number of hydrogen-bond donors (Lipinski definition) is 1. The molecule has 1 aliphatic heterocycles. The fourth-order valence-corrected chi connectivity index (χ4v) is 2.64. The Labute approximate surface area is 103 Å². The predicted octanol–water partition coefficient (Wildman–Crippen LogP) is 0.523. The summed E-state index contributed by atoms with van der Waals surface area (Å²) in [6, 6.07) is -0.173. The van der Waals surface area contributed by atoms with E-state index in [1.807, 2.05) is 5.38 Å². The molecule has 0 aromatic carbocycles. The van der Waals surface area contributed by atoms with Crippen molar-refractivity contribution >= 4 is 23.2 Å². The minimum absolute atomic E-state index is 0.0332. The first-order chi connectivity index (χ1) is 8.25. The maximum atomic E-state index is 12.0. The van der Waals surface area contributed by atoms with Crippen molar-refractivity contribution in [2.45, 2.75) is 37.9 Å². The van der Waals surface area contributed by atoms with Crippen LogP contribution in [0.15, 0.2) is 11.6 Å². The van der Waals surface area contributed by atoms with Crippen LogP contribution in [0.2, 0.25) is 0 Å². The Morgan fingerprint density at radius 1 is 1.47 bits per heavy atom. The van der Waals surface area contributed by atoms with E-state index >= 15 is 0 Å². The van der Waals surface area contributed by atoms with Crippen LogP contribution in [0.5, 0.6) is 0 Å². The van der Waals surface area contributed by atoms with Crippen molar-refractivity contribution in [2.24, 2.45) is 0 Å². The molecule has 1 N–H and O–H groups in total. The molecule has 90 valence electrons. The van der Waals surface area contributed by atoms with E-state index in [0.717, 1.165) is 17.8 Å². The molecule has 1 saturated carbocycles. The third-order valence-electron chi connectivity index (χ3n) is 3.08. The van der Waals surface area contributed by atoms with Crippen LogP contribution in [0.1, 0.15) is 24.3 Å². The van der Waals surface area contributed by atoms with Crippen molar-refractivity contribution in [3.63, 3.8) is 0 Å². The van der Waals surface area contributed by atoms with Gasteiger partial charge in [0.15, 0.2) is 0 Å². The van der Waals surface area contributed by atoms with E-state index in [-0.39, 0.29) is 23.9 Å². The fourth-order valence-electron chi connectivity index (χ4n) is 2.08. The van der Waals surface area contributed by atoms with Crippen molar-refractivity contribution in [2.75, 3.05) is 0 Å². The molecule has 0 bridgehead atoms. The quantitative estimate of drug-likeness (QED) is 0.793. The second kappa shape index (κ2) is 4.19. The lowest BCUT2D eigenvalue weighted by Crippen LogP contribution is -2.39. The molecule has 6 heteroatoms. The third-order valence-corrected chi connectivity index (χ3v) is 3.86. The summed E-state index contributed by atoms with van der Waals surface area (Å²) in [6.45, 7) is 0.555. The van der Waals surface area contributed by atoms with Gasteiger partial charge in [0.05, 0.1) is 12.5 Å². The first-order valence-electron chi connectivity index (χ1n) is 5.73. The number of likely N-dealkylation sites (tertiary alicyclic amines) is 1. The van der Waals surface area contributed by atoms with E-state index < -0.39 is 0 Å². The molecular weight excluding hydrogens is 238 g/mol. The highest BCUT2D eigenvalue weighted by Gasteiger charge is 2.45. The van der Waals surface area contributed by atoms with Gasteiger partial charge in [0.1, 0.15) is 5.01 Å². The Hall–Kier alpha value is -1.27. The van der Waals surface area contributed by atoms with Crippen LogP contribution in [-0.2, 0) is 16.1 Å². The summed E-state index contributed by atoms with van der Waals surface area (Å²) in [7, 11) is 0. The van der Waals surface area contributed by atoms with Crippen LogP contribution in [0.25, 0.3) is 0 Å². The minimum atomic E-state index is -0.355. The SMILES string of the molecule is O=C1CC(NCc2nccs2)C(=O)N1C1CC1. The number of thiazole rings is 1. The summed E-state index contributed by atoms with van der Waals surface area (Å²) in [5, 5.41) is 5.95. The maximum absolute atomic E-state index is 12.0. The third kappa shape index (κ3) is 2.10. The van der Waals surface area contributed by atoms with Gasteiger partial charge in [0.25, 0.3) is 0 Å². The van der Waals surface area contributed by atoms with Gasteiger partial charge in [-0.05, 0) is 12.8 Å². The number of nitrogens with one attached hydrogen (secondary N) is 1. The Bertz CT molecular complexity index is 442. The van der Waals surface area contributed by atoms with E-state index in [9.17, 15) is 9.59 Å². The van der Waals surface area contributed by atoms with Crippen molar-refractivity contribution in [3.05, 3.63) is 16.6 Å². The zero-order valence-corrected chi connectivity index (χ0v) is 10.1. The molecule has 2 fully saturated rings. The summed E-state index contributed by atoms with van der Waals surface area (Å²) in [5.74, 6) is -0.0943. The van der Waals surface area contributed by atoms with Crippen LogP contribution in [0.3, 0.4) is 0 Å². The Morgan fingerprint density at radius 3 is 2.94 bits per heavy atom. The van der Waals surface area contributed by atoms with Gasteiger partial charge in [-0.15, -0.1) is 11.3 Å². The van der Waals surface area contributed by atoms with Gasteiger partial charge in [-0.2, -0.15) is 0 Å². The molecule has 1 saturated heterocycles. The van der Waals surface area contributed by atoms with Crippen LogP contribution < -0.4 is 5.32 Å². The Morgan fingerprint density at radius 2 is 2.29 bits per heavy atom. The molecule has 1 aliphatic carbocycles. The lowest BCUT2D eigenvalue weighted by Gasteiger charge is -2.13. The van der Waals surface area contributed by atoms with Crippen LogP contribution >= 0.6 is 11.3 Å². The number of nitrogens with zero attached hydrogens (tertiary/aromatic N) is 2. The topological polar surface area (TPSA) is 62.3 Å². The predicted molar refractivity (Wildman–Crippen MR) is 62.2 cm³/mol.